The fraction of sp³-hybridized carbons (Fsp3) is 0.500. The molecular formula is C22H29NO. The van der Waals surface area contributed by atoms with Gasteiger partial charge in [0.15, 0.2) is 0 Å². The highest BCUT2D eigenvalue weighted by Gasteiger charge is 2.16. The Kier molecular flexibility index (Phi) is 4.93. The van der Waals surface area contributed by atoms with Crippen LogP contribution in [0.15, 0.2) is 47.4 Å². The predicted molar refractivity (Wildman–Crippen MR) is 101 cm³/mol. The highest BCUT2D eigenvalue weighted by molar-refractivity contribution is 5.26. The molecule has 1 fully saturated rings. The highest BCUT2D eigenvalue weighted by atomic mass is 16.1. The van der Waals surface area contributed by atoms with Crippen LogP contribution >= 0.6 is 0 Å². The van der Waals surface area contributed by atoms with E-state index in [2.05, 4.69) is 51.1 Å². The van der Waals surface area contributed by atoms with Crippen LogP contribution in [0.2, 0.25) is 0 Å². The summed E-state index contributed by atoms with van der Waals surface area (Å²) in [5.74, 6) is 0.738. The molecule has 0 unspecified atom stereocenters. The first-order chi connectivity index (χ1) is 11.4. The lowest BCUT2D eigenvalue weighted by atomic mass is 9.84. The minimum Gasteiger partial charge on any atom is -0.311 e. The molecule has 128 valence electrons. The number of pyridine rings is 1. The third-order valence-corrected chi connectivity index (χ3v) is 5.27. The molecule has 3 rings (SSSR count). The van der Waals surface area contributed by atoms with E-state index >= 15 is 0 Å². The van der Waals surface area contributed by atoms with Crippen LogP contribution in [-0.2, 0) is 12.0 Å². The van der Waals surface area contributed by atoms with Crippen LogP contribution in [0.4, 0.5) is 0 Å². The summed E-state index contributed by atoms with van der Waals surface area (Å²) in [5, 5.41) is 0. The van der Waals surface area contributed by atoms with Crippen LogP contribution in [0.3, 0.4) is 0 Å². The Balaban J connectivity index is 1.73. The summed E-state index contributed by atoms with van der Waals surface area (Å²) in [5.41, 5.74) is 3.85. The van der Waals surface area contributed by atoms with Gasteiger partial charge in [-0.25, -0.2) is 0 Å². The third kappa shape index (κ3) is 3.98. The normalized spacial score (nSPS) is 16.3. The first-order valence-corrected chi connectivity index (χ1v) is 9.23. The molecule has 24 heavy (non-hydrogen) atoms. The summed E-state index contributed by atoms with van der Waals surface area (Å²) in [6, 6.07) is 12.7. The van der Waals surface area contributed by atoms with E-state index in [-0.39, 0.29) is 11.0 Å². The smallest absolute Gasteiger partial charge is 0.251 e. The van der Waals surface area contributed by atoms with Gasteiger partial charge in [-0.05, 0) is 46.9 Å². The van der Waals surface area contributed by atoms with Crippen molar-refractivity contribution in [2.75, 3.05) is 0 Å². The van der Waals surface area contributed by atoms with Crippen molar-refractivity contribution in [1.82, 2.24) is 4.57 Å². The largest absolute Gasteiger partial charge is 0.311 e. The van der Waals surface area contributed by atoms with Crippen LogP contribution in [0.25, 0.3) is 0 Å². The van der Waals surface area contributed by atoms with E-state index in [0.29, 0.717) is 6.54 Å². The van der Waals surface area contributed by atoms with Gasteiger partial charge in [0, 0.05) is 12.3 Å². The Labute approximate surface area is 145 Å². The molecule has 1 aromatic carbocycles. The quantitative estimate of drug-likeness (QED) is 0.757. The van der Waals surface area contributed by atoms with Crippen molar-refractivity contribution in [3.8, 4) is 0 Å². The average Bonchev–Trinajstić information content (AvgIpc) is 2.57. The minimum absolute atomic E-state index is 0.0138. The van der Waals surface area contributed by atoms with Crippen LogP contribution in [-0.4, -0.2) is 4.57 Å². The van der Waals surface area contributed by atoms with Crippen LogP contribution < -0.4 is 5.56 Å². The molecule has 2 aromatic rings. The SMILES string of the molecule is CC(C)(C)c1ccn(Cc2ccc(C3CCCCC3)cc2)c(=O)c1. The molecule has 2 nitrogen and oxygen atoms in total. The van der Waals surface area contributed by atoms with Crippen LogP contribution in [0.5, 0.6) is 0 Å². The lowest BCUT2D eigenvalue weighted by Crippen LogP contribution is -2.23. The lowest BCUT2D eigenvalue weighted by Gasteiger charge is -2.22. The van der Waals surface area contributed by atoms with Gasteiger partial charge in [0.05, 0.1) is 6.54 Å². The van der Waals surface area contributed by atoms with Gasteiger partial charge in [0.2, 0.25) is 0 Å². The Morgan fingerprint density at radius 3 is 2.25 bits per heavy atom. The van der Waals surface area contributed by atoms with E-state index in [4.69, 9.17) is 0 Å². The zero-order valence-electron chi connectivity index (χ0n) is 15.2. The predicted octanol–water partition coefficient (Wildman–Crippen LogP) is 5.24. The zero-order chi connectivity index (χ0) is 17.2. The Morgan fingerprint density at radius 2 is 1.67 bits per heavy atom. The van der Waals surface area contributed by atoms with Crippen molar-refractivity contribution < 1.29 is 0 Å². The van der Waals surface area contributed by atoms with Gasteiger partial charge in [-0.2, -0.15) is 0 Å². The van der Waals surface area contributed by atoms with Crippen molar-refractivity contribution in [3.05, 3.63) is 69.6 Å². The molecule has 1 saturated carbocycles. The van der Waals surface area contributed by atoms with Gasteiger partial charge in [-0.3, -0.25) is 4.79 Å². The van der Waals surface area contributed by atoms with Gasteiger partial charge in [0.25, 0.3) is 5.56 Å². The van der Waals surface area contributed by atoms with Crippen molar-refractivity contribution in [3.63, 3.8) is 0 Å². The van der Waals surface area contributed by atoms with Gasteiger partial charge in [-0.15, -0.1) is 0 Å². The maximum Gasteiger partial charge on any atom is 0.251 e. The average molecular weight is 323 g/mol. The van der Waals surface area contributed by atoms with Gasteiger partial charge in [0.1, 0.15) is 0 Å². The summed E-state index contributed by atoms with van der Waals surface area (Å²) >= 11 is 0. The van der Waals surface area contributed by atoms with E-state index < -0.39 is 0 Å². The fourth-order valence-corrected chi connectivity index (χ4v) is 3.63. The Bertz CT molecular complexity index is 728. The zero-order valence-corrected chi connectivity index (χ0v) is 15.2. The molecule has 0 aliphatic heterocycles. The second kappa shape index (κ2) is 6.96. The van der Waals surface area contributed by atoms with Crippen molar-refractivity contribution in [2.24, 2.45) is 0 Å². The minimum atomic E-state index is 0.0138. The number of hydrogen-bond acceptors (Lipinski definition) is 1. The molecule has 0 amide bonds. The van der Waals surface area contributed by atoms with E-state index in [0.717, 1.165) is 11.5 Å². The molecule has 1 aliphatic rings. The molecule has 0 bridgehead atoms. The monoisotopic (exact) mass is 323 g/mol. The lowest BCUT2D eigenvalue weighted by molar-refractivity contribution is 0.443. The molecule has 0 atom stereocenters. The molecule has 1 heterocycles. The summed E-state index contributed by atoms with van der Waals surface area (Å²) in [4.78, 5) is 12.4. The number of rotatable bonds is 3. The number of aromatic nitrogens is 1. The van der Waals surface area contributed by atoms with Crippen molar-refractivity contribution in [1.29, 1.82) is 0 Å². The van der Waals surface area contributed by atoms with Crippen LogP contribution in [0.1, 0.15) is 75.5 Å². The van der Waals surface area contributed by atoms with E-state index in [1.807, 2.05) is 6.20 Å². The molecule has 2 heteroatoms. The van der Waals surface area contributed by atoms with Crippen LogP contribution in [0, 0.1) is 0 Å². The molecule has 0 N–H and O–H groups in total. The molecule has 0 saturated heterocycles. The van der Waals surface area contributed by atoms with E-state index in [1.54, 1.807) is 10.6 Å². The topological polar surface area (TPSA) is 22.0 Å². The summed E-state index contributed by atoms with van der Waals surface area (Å²) in [6.07, 6.45) is 8.70. The Morgan fingerprint density at radius 1 is 1.00 bits per heavy atom. The van der Waals surface area contributed by atoms with Gasteiger partial charge >= 0.3 is 0 Å². The second-order valence-corrected chi connectivity index (χ2v) is 8.21. The first-order valence-electron chi connectivity index (χ1n) is 9.23. The molecule has 0 radical (unpaired) electrons. The standard InChI is InChI=1S/C22H29NO/c1-22(2,3)20-13-14-23(21(24)15-20)16-17-9-11-19(12-10-17)18-7-5-4-6-8-18/h9-15,18H,4-8,16H2,1-3H3. The summed E-state index contributed by atoms with van der Waals surface area (Å²) in [6.45, 7) is 7.05. The maximum absolute atomic E-state index is 12.4. The number of nitrogens with zero attached hydrogens (tertiary/aromatic N) is 1. The van der Waals surface area contributed by atoms with E-state index in [1.165, 1.54) is 43.2 Å². The van der Waals surface area contributed by atoms with E-state index in [9.17, 15) is 4.79 Å². The molecule has 1 aliphatic carbocycles. The third-order valence-electron chi connectivity index (χ3n) is 5.27. The first kappa shape index (κ1) is 17.0. The summed E-state index contributed by atoms with van der Waals surface area (Å²) in [7, 11) is 0. The number of hydrogen-bond donors (Lipinski definition) is 0. The van der Waals surface area contributed by atoms with Crippen molar-refractivity contribution in [2.45, 2.75) is 70.8 Å². The molecule has 1 aromatic heterocycles. The maximum atomic E-state index is 12.4. The fourth-order valence-electron chi connectivity index (χ4n) is 3.63. The molecular weight excluding hydrogens is 294 g/mol. The summed E-state index contributed by atoms with van der Waals surface area (Å²) < 4.78 is 1.80. The Hall–Kier alpha value is -1.83. The highest BCUT2D eigenvalue weighted by Crippen LogP contribution is 2.32. The van der Waals surface area contributed by atoms with Crippen molar-refractivity contribution >= 4 is 0 Å². The molecule has 0 spiro atoms. The van der Waals surface area contributed by atoms with Gasteiger partial charge in [-0.1, -0.05) is 64.3 Å². The second-order valence-electron chi connectivity index (χ2n) is 8.21. The number of benzene rings is 1. The van der Waals surface area contributed by atoms with Gasteiger partial charge < -0.3 is 4.57 Å².